The maximum absolute atomic E-state index is 12.0. The van der Waals surface area contributed by atoms with Gasteiger partial charge in [0.05, 0.1) is 12.0 Å². The van der Waals surface area contributed by atoms with Gasteiger partial charge in [-0.2, -0.15) is 0 Å². The zero-order valence-electron chi connectivity index (χ0n) is 7.36. The average molecular weight is 166 g/mol. The minimum Gasteiger partial charge on any atom is -0.381 e. The Hall–Kier alpha value is -0.180. The van der Waals surface area contributed by atoms with Gasteiger partial charge in [-0.25, -0.2) is 8.78 Å². The van der Waals surface area contributed by atoms with Crippen LogP contribution >= 0.6 is 0 Å². The lowest BCUT2D eigenvalue weighted by molar-refractivity contribution is 0.000526. The Morgan fingerprint density at radius 3 is 2.09 bits per heavy atom. The summed E-state index contributed by atoms with van der Waals surface area (Å²) in [7, 11) is 0. The van der Waals surface area contributed by atoms with E-state index < -0.39 is 11.8 Å². The summed E-state index contributed by atoms with van der Waals surface area (Å²) in [5, 5.41) is 0. The van der Waals surface area contributed by atoms with Crippen LogP contribution in [0.15, 0.2) is 0 Å². The molecule has 1 unspecified atom stereocenters. The molecule has 1 aliphatic rings. The van der Waals surface area contributed by atoms with Gasteiger partial charge in [-0.3, -0.25) is 0 Å². The zero-order valence-corrected chi connectivity index (χ0v) is 7.36. The normalized spacial score (nSPS) is 30.0. The number of rotatable bonds is 1. The molecule has 0 radical (unpaired) electrons. The number of hydrogen-bond donors (Lipinski definition) is 0. The molecule has 0 aromatic heterocycles. The van der Waals surface area contributed by atoms with Gasteiger partial charge in [-0.1, -0.05) is 20.8 Å². The molecular formula is C8H16F2O. The second-order valence-corrected chi connectivity index (χ2v) is 2.76. The lowest BCUT2D eigenvalue weighted by Gasteiger charge is -2.19. The average Bonchev–Trinajstić information content (AvgIpc) is 2.42. The van der Waals surface area contributed by atoms with Crippen LogP contribution in [0.5, 0.6) is 0 Å². The molecule has 68 valence electrons. The Balaban J connectivity index is 0.000000461. The second-order valence-electron chi connectivity index (χ2n) is 2.76. The van der Waals surface area contributed by atoms with E-state index in [1.807, 2.05) is 13.8 Å². The molecule has 0 aromatic rings. The first kappa shape index (κ1) is 10.8. The van der Waals surface area contributed by atoms with Crippen LogP contribution in [0.1, 0.15) is 27.2 Å². The molecule has 1 rings (SSSR count). The Kier molecular flexibility index (Phi) is 4.57. The molecular weight excluding hydrogens is 150 g/mol. The van der Waals surface area contributed by atoms with E-state index in [4.69, 9.17) is 4.74 Å². The standard InChI is InChI=1S/C6H10F2O.C2H6/c1-6(5(7)8)2-3-9-4-6;1-2/h5H,2-4H2,1H3;1-2H3. The van der Waals surface area contributed by atoms with Gasteiger partial charge < -0.3 is 4.74 Å². The van der Waals surface area contributed by atoms with E-state index in [2.05, 4.69) is 0 Å². The van der Waals surface area contributed by atoms with Crippen LogP contribution in [0.25, 0.3) is 0 Å². The molecule has 0 N–H and O–H groups in total. The van der Waals surface area contributed by atoms with Crippen molar-refractivity contribution in [2.75, 3.05) is 13.2 Å². The first-order valence-corrected chi connectivity index (χ1v) is 4.01. The van der Waals surface area contributed by atoms with E-state index in [1.54, 1.807) is 6.92 Å². The molecule has 0 spiro atoms. The molecule has 1 atom stereocenters. The SMILES string of the molecule is CC.CC1(C(F)F)CCOC1. The van der Waals surface area contributed by atoms with Crippen molar-refractivity contribution in [1.82, 2.24) is 0 Å². The highest BCUT2D eigenvalue weighted by molar-refractivity contribution is 4.80. The third-order valence-electron chi connectivity index (χ3n) is 1.78. The number of ether oxygens (including phenoxy) is 1. The minimum absolute atomic E-state index is 0.213. The van der Waals surface area contributed by atoms with Crippen molar-refractivity contribution in [2.45, 2.75) is 33.6 Å². The highest BCUT2D eigenvalue weighted by atomic mass is 19.3. The monoisotopic (exact) mass is 166 g/mol. The van der Waals surface area contributed by atoms with Crippen LogP contribution in [0.4, 0.5) is 8.78 Å². The molecule has 11 heavy (non-hydrogen) atoms. The Bertz CT molecular complexity index is 98.3. The predicted octanol–water partition coefficient (Wildman–Crippen LogP) is 2.70. The molecule has 0 aliphatic carbocycles. The van der Waals surface area contributed by atoms with Gasteiger partial charge in [-0.15, -0.1) is 0 Å². The zero-order chi connectivity index (χ0) is 8.91. The van der Waals surface area contributed by atoms with Crippen molar-refractivity contribution in [2.24, 2.45) is 5.41 Å². The number of hydrogen-bond acceptors (Lipinski definition) is 1. The quantitative estimate of drug-likeness (QED) is 0.582. The first-order valence-electron chi connectivity index (χ1n) is 4.01. The summed E-state index contributed by atoms with van der Waals surface area (Å²) >= 11 is 0. The maximum atomic E-state index is 12.0. The molecule has 3 heteroatoms. The van der Waals surface area contributed by atoms with Crippen LogP contribution in [-0.4, -0.2) is 19.6 Å². The largest absolute Gasteiger partial charge is 0.381 e. The van der Waals surface area contributed by atoms with E-state index >= 15 is 0 Å². The third kappa shape index (κ3) is 2.73. The van der Waals surface area contributed by atoms with Crippen molar-refractivity contribution in [3.63, 3.8) is 0 Å². The first-order chi connectivity index (χ1) is 5.15. The summed E-state index contributed by atoms with van der Waals surface area (Å²) in [4.78, 5) is 0. The molecule has 1 heterocycles. The van der Waals surface area contributed by atoms with Crippen LogP contribution in [-0.2, 0) is 4.74 Å². The fourth-order valence-electron chi connectivity index (χ4n) is 0.855. The van der Waals surface area contributed by atoms with Crippen LogP contribution < -0.4 is 0 Å². The Morgan fingerprint density at radius 1 is 1.36 bits per heavy atom. The third-order valence-corrected chi connectivity index (χ3v) is 1.78. The number of halogens is 2. The lowest BCUT2D eigenvalue weighted by Crippen LogP contribution is -2.25. The van der Waals surface area contributed by atoms with Crippen LogP contribution in [0, 0.1) is 5.41 Å². The fraction of sp³-hybridized carbons (Fsp3) is 1.00. The van der Waals surface area contributed by atoms with Gasteiger partial charge in [0.15, 0.2) is 0 Å². The predicted molar refractivity (Wildman–Crippen MR) is 40.9 cm³/mol. The molecule has 0 aromatic carbocycles. The van der Waals surface area contributed by atoms with E-state index in [9.17, 15) is 8.78 Å². The topological polar surface area (TPSA) is 9.23 Å². The van der Waals surface area contributed by atoms with Crippen LogP contribution in [0.2, 0.25) is 0 Å². The maximum Gasteiger partial charge on any atom is 0.246 e. The molecule has 1 fully saturated rings. The Labute approximate surface area is 66.7 Å². The second kappa shape index (κ2) is 4.65. The Morgan fingerprint density at radius 2 is 1.91 bits per heavy atom. The van der Waals surface area contributed by atoms with Crippen LogP contribution in [0.3, 0.4) is 0 Å². The summed E-state index contributed by atoms with van der Waals surface area (Å²) in [5.74, 6) is 0. The fourth-order valence-corrected chi connectivity index (χ4v) is 0.855. The van der Waals surface area contributed by atoms with E-state index in [-0.39, 0.29) is 6.61 Å². The summed E-state index contributed by atoms with van der Waals surface area (Å²) in [6, 6.07) is 0. The summed E-state index contributed by atoms with van der Waals surface area (Å²) in [6.45, 7) is 6.26. The summed E-state index contributed by atoms with van der Waals surface area (Å²) in [5.41, 5.74) is -0.861. The van der Waals surface area contributed by atoms with Gasteiger partial charge in [0.2, 0.25) is 6.43 Å². The highest BCUT2D eigenvalue weighted by Gasteiger charge is 2.38. The highest BCUT2D eigenvalue weighted by Crippen LogP contribution is 2.34. The summed E-state index contributed by atoms with van der Waals surface area (Å²) < 4.78 is 28.9. The smallest absolute Gasteiger partial charge is 0.246 e. The van der Waals surface area contributed by atoms with Gasteiger partial charge in [0.25, 0.3) is 0 Å². The summed E-state index contributed by atoms with van der Waals surface area (Å²) in [6.07, 6.45) is -1.75. The van der Waals surface area contributed by atoms with Crippen molar-refractivity contribution < 1.29 is 13.5 Å². The van der Waals surface area contributed by atoms with Crippen molar-refractivity contribution in [1.29, 1.82) is 0 Å². The van der Waals surface area contributed by atoms with Gasteiger partial charge >= 0.3 is 0 Å². The van der Waals surface area contributed by atoms with Gasteiger partial charge in [0, 0.05) is 6.61 Å². The van der Waals surface area contributed by atoms with Gasteiger partial charge in [-0.05, 0) is 6.42 Å². The minimum atomic E-state index is -2.24. The van der Waals surface area contributed by atoms with E-state index in [0.29, 0.717) is 13.0 Å². The molecule has 0 bridgehead atoms. The molecule has 0 amide bonds. The number of alkyl halides is 2. The van der Waals surface area contributed by atoms with E-state index in [1.165, 1.54) is 0 Å². The van der Waals surface area contributed by atoms with Crippen molar-refractivity contribution in [3.05, 3.63) is 0 Å². The lowest BCUT2D eigenvalue weighted by atomic mass is 9.91. The van der Waals surface area contributed by atoms with Gasteiger partial charge in [0.1, 0.15) is 0 Å². The van der Waals surface area contributed by atoms with Crippen molar-refractivity contribution >= 4 is 0 Å². The van der Waals surface area contributed by atoms with E-state index in [0.717, 1.165) is 0 Å². The van der Waals surface area contributed by atoms with Crippen molar-refractivity contribution in [3.8, 4) is 0 Å². The molecule has 1 saturated heterocycles. The molecule has 0 saturated carbocycles. The molecule has 1 nitrogen and oxygen atoms in total. The molecule has 1 aliphatic heterocycles.